The lowest BCUT2D eigenvalue weighted by molar-refractivity contribution is 0.672. The Bertz CT molecular complexity index is 292. The first-order valence-corrected chi connectivity index (χ1v) is 5.57. The van der Waals surface area contributed by atoms with Crippen LogP contribution in [0.3, 0.4) is 0 Å². The predicted octanol–water partition coefficient (Wildman–Crippen LogP) is 4.25. The Morgan fingerprint density at radius 1 is 1.29 bits per heavy atom. The molecule has 1 N–H and O–H groups in total. The molecule has 1 nitrogen and oxygen atoms in total. The Labute approximate surface area is 91.5 Å². The highest BCUT2D eigenvalue weighted by Gasteiger charge is 2.05. The minimum atomic E-state index is 0.523. The lowest BCUT2D eigenvalue weighted by atomic mass is 10.1. The van der Waals surface area contributed by atoms with Crippen LogP contribution in [0, 0.1) is 6.92 Å². The van der Waals surface area contributed by atoms with Gasteiger partial charge in [0, 0.05) is 6.04 Å². The first kappa shape index (κ1) is 11.4. The summed E-state index contributed by atoms with van der Waals surface area (Å²) in [6.45, 7) is 6.42. The van der Waals surface area contributed by atoms with Crippen LogP contribution in [0.4, 0.5) is 5.69 Å². The second kappa shape index (κ2) is 5.26. The number of anilines is 1. The molecule has 0 heterocycles. The van der Waals surface area contributed by atoms with Gasteiger partial charge >= 0.3 is 0 Å². The van der Waals surface area contributed by atoms with Gasteiger partial charge in [-0.15, -0.1) is 0 Å². The molecule has 0 spiro atoms. The van der Waals surface area contributed by atoms with Gasteiger partial charge in [-0.3, -0.25) is 0 Å². The molecule has 0 radical (unpaired) electrons. The Morgan fingerprint density at radius 3 is 2.43 bits per heavy atom. The highest BCUT2D eigenvalue weighted by Crippen LogP contribution is 2.24. The molecule has 2 heteroatoms. The van der Waals surface area contributed by atoms with Crippen molar-refractivity contribution in [3.05, 3.63) is 28.8 Å². The average Bonchev–Trinajstić information content (AvgIpc) is 2.17. The van der Waals surface area contributed by atoms with Gasteiger partial charge < -0.3 is 5.32 Å². The van der Waals surface area contributed by atoms with E-state index in [9.17, 15) is 0 Å². The minimum absolute atomic E-state index is 0.523. The molecule has 0 fully saturated rings. The van der Waals surface area contributed by atoms with Crippen molar-refractivity contribution in [2.45, 2.75) is 39.7 Å². The predicted molar refractivity (Wildman–Crippen MR) is 64.2 cm³/mol. The third-order valence-electron chi connectivity index (χ3n) is 2.47. The normalized spacial score (nSPS) is 10.6. The van der Waals surface area contributed by atoms with Crippen LogP contribution in [0.5, 0.6) is 0 Å². The number of hydrogen-bond acceptors (Lipinski definition) is 1. The van der Waals surface area contributed by atoms with Crippen molar-refractivity contribution in [2.75, 3.05) is 5.32 Å². The molecule has 0 unspecified atom stereocenters. The number of benzene rings is 1. The fourth-order valence-corrected chi connectivity index (χ4v) is 1.74. The van der Waals surface area contributed by atoms with Crippen LogP contribution in [0.1, 0.15) is 32.3 Å². The largest absolute Gasteiger partial charge is 0.381 e. The van der Waals surface area contributed by atoms with Crippen LogP contribution >= 0.6 is 11.6 Å². The van der Waals surface area contributed by atoms with Crippen LogP contribution in [0.25, 0.3) is 0 Å². The van der Waals surface area contributed by atoms with Crippen LogP contribution in [0.2, 0.25) is 5.02 Å². The van der Waals surface area contributed by atoms with Gasteiger partial charge in [-0.05, 0) is 37.5 Å². The quantitative estimate of drug-likeness (QED) is 0.785. The molecule has 0 aromatic heterocycles. The van der Waals surface area contributed by atoms with Gasteiger partial charge in [0.15, 0.2) is 0 Å². The molecule has 0 amide bonds. The molecule has 14 heavy (non-hydrogen) atoms. The molecule has 0 saturated heterocycles. The summed E-state index contributed by atoms with van der Waals surface area (Å²) >= 11 is 6.13. The van der Waals surface area contributed by atoms with Crippen molar-refractivity contribution in [3.63, 3.8) is 0 Å². The van der Waals surface area contributed by atoms with Crippen molar-refractivity contribution in [3.8, 4) is 0 Å². The van der Waals surface area contributed by atoms with E-state index in [2.05, 4.69) is 31.3 Å². The average molecular weight is 212 g/mol. The Balaban J connectivity index is 2.76. The van der Waals surface area contributed by atoms with E-state index in [0.29, 0.717) is 6.04 Å². The van der Waals surface area contributed by atoms with Gasteiger partial charge in [0.05, 0.1) is 10.7 Å². The standard InChI is InChI=1S/C12H18ClN/c1-4-10(5-2)14-12-7-6-9(3)8-11(12)13/h6-8,10,14H,4-5H2,1-3H3. The molecule has 0 atom stereocenters. The van der Waals surface area contributed by atoms with E-state index in [4.69, 9.17) is 11.6 Å². The Hall–Kier alpha value is -0.690. The molecule has 0 aliphatic heterocycles. The van der Waals surface area contributed by atoms with Crippen molar-refractivity contribution < 1.29 is 0 Å². The highest BCUT2D eigenvalue weighted by molar-refractivity contribution is 6.33. The number of rotatable bonds is 4. The van der Waals surface area contributed by atoms with E-state index in [1.54, 1.807) is 0 Å². The summed E-state index contributed by atoms with van der Waals surface area (Å²) in [5.41, 5.74) is 2.25. The summed E-state index contributed by atoms with van der Waals surface area (Å²) in [5, 5.41) is 4.26. The van der Waals surface area contributed by atoms with Gasteiger partial charge in [-0.2, -0.15) is 0 Å². The Morgan fingerprint density at radius 2 is 1.93 bits per heavy atom. The smallest absolute Gasteiger partial charge is 0.0640 e. The lowest BCUT2D eigenvalue weighted by Crippen LogP contribution is -2.17. The second-order valence-electron chi connectivity index (χ2n) is 3.64. The molecule has 0 bridgehead atoms. The summed E-state index contributed by atoms with van der Waals surface area (Å²) in [5.74, 6) is 0. The van der Waals surface area contributed by atoms with Crippen LogP contribution < -0.4 is 5.32 Å². The molecule has 0 saturated carbocycles. The summed E-state index contributed by atoms with van der Waals surface area (Å²) in [4.78, 5) is 0. The molecule has 0 aliphatic rings. The summed E-state index contributed by atoms with van der Waals surface area (Å²) in [6.07, 6.45) is 2.25. The van der Waals surface area contributed by atoms with Crippen LogP contribution in [-0.4, -0.2) is 6.04 Å². The van der Waals surface area contributed by atoms with Crippen LogP contribution in [0.15, 0.2) is 18.2 Å². The van der Waals surface area contributed by atoms with E-state index >= 15 is 0 Å². The van der Waals surface area contributed by atoms with Gasteiger partial charge in [0.1, 0.15) is 0 Å². The number of aryl methyl sites for hydroxylation is 1. The van der Waals surface area contributed by atoms with Gasteiger partial charge in [0.25, 0.3) is 0 Å². The highest BCUT2D eigenvalue weighted by atomic mass is 35.5. The fourth-order valence-electron chi connectivity index (χ4n) is 1.45. The fraction of sp³-hybridized carbons (Fsp3) is 0.500. The maximum atomic E-state index is 6.13. The first-order chi connectivity index (χ1) is 6.67. The van der Waals surface area contributed by atoms with E-state index < -0.39 is 0 Å². The molecule has 0 aliphatic carbocycles. The van der Waals surface area contributed by atoms with Gasteiger partial charge in [-0.25, -0.2) is 0 Å². The second-order valence-corrected chi connectivity index (χ2v) is 4.05. The number of halogens is 1. The number of nitrogens with one attached hydrogen (secondary N) is 1. The van der Waals surface area contributed by atoms with Crippen molar-refractivity contribution in [1.82, 2.24) is 0 Å². The third kappa shape index (κ3) is 2.91. The van der Waals surface area contributed by atoms with Crippen LogP contribution in [-0.2, 0) is 0 Å². The Kier molecular flexibility index (Phi) is 4.27. The zero-order valence-electron chi connectivity index (χ0n) is 9.10. The minimum Gasteiger partial charge on any atom is -0.381 e. The monoisotopic (exact) mass is 211 g/mol. The molecule has 1 rings (SSSR count). The van der Waals surface area contributed by atoms with Gasteiger partial charge in [0.2, 0.25) is 0 Å². The molecule has 78 valence electrons. The van der Waals surface area contributed by atoms with Crippen molar-refractivity contribution >= 4 is 17.3 Å². The lowest BCUT2D eigenvalue weighted by Gasteiger charge is -2.17. The van der Waals surface area contributed by atoms with E-state index in [1.165, 1.54) is 5.56 Å². The van der Waals surface area contributed by atoms with E-state index in [-0.39, 0.29) is 0 Å². The summed E-state index contributed by atoms with van der Waals surface area (Å²) < 4.78 is 0. The summed E-state index contributed by atoms with van der Waals surface area (Å²) in [7, 11) is 0. The first-order valence-electron chi connectivity index (χ1n) is 5.20. The maximum Gasteiger partial charge on any atom is 0.0640 e. The van der Waals surface area contributed by atoms with E-state index in [1.807, 2.05) is 13.0 Å². The SMILES string of the molecule is CCC(CC)Nc1ccc(C)cc1Cl. The number of hydrogen-bond donors (Lipinski definition) is 1. The molecule has 1 aromatic carbocycles. The molecular formula is C12H18ClN. The maximum absolute atomic E-state index is 6.13. The zero-order valence-corrected chi connectivity index (χ0v) is 9.86. The molecular weight excluding hydrogens is 194 g/mol. The van der Waals surface area contributed by atoms with E-state index in [0.717, 1.165) is 23.6 Å². The molecule has 1 aromatic rings. The zero-order chi connectivity index (χ0) is 10.6. The van der Waals surface area contributed by atoms with Gasteiger partial charge in [-0.1, -0.05) is 31.5 Å². The summed E-state index contributed by atoms with van der Waals surface area (Å²) in [6, 6.07) is 6.65. The van der Waals surface area contributed by atoms with Crippen molar-refractivity contribution in [2.24, 2.45) is 0 Å². The van der Waals surface area contributed by atoms with Crippen molar-refractivity contribution in [1.29, 1.82) is 0 Å². The topological polar surface area (TPSA) is 12.0 Å². The third-order valence-corrected chi connectivity index (χ3v) is 2.78.